The van der Waals surface area contributed by atoms with Crippen LogP contribution in [-0.4, -0.2) is 13.0 Å². The third-order valence-corrected chi connectivity index (χ3v) is 2.24. The molecule has 0 bridgehead atoms. The Morgan fingerprint density at radius 1 is 1.54 bits per heavy atom. The molecule has 1 amide bonds. The summed E-state index contributed by atoms with van der Waals surface area (Å²) < 4.78 is 13.9. The van der Waals surface area contributed by atoms with E-state index in [-0.39, 0.29) is 11.6 Å². The largest absolute Gasteiger partial charge is 0.313 e. The standard InChI is InChI=1S/C9H9BrFNO/c1-6(13)12(2)9-5-7(10)3-4-8(9)11/h3-5H,1-2H3. The lowest BCUT2D eigenvalue weighted by atomic mass is 10.3. The Morgan fingerprint density at radius 3 is 2.69 bits per heavy atom. The number of carbonyl (C=O) groups excluding carboxylic acids is 1. The predicted molar refractivity (Wildman–Crippen MR) is 53.2 cm³/mol. The Hall–Kier alpha value is -0.900. The fraction of sp³-hybridized carbons (Fsp3) is 0.222. The van der Waals surface area contributed by atoms with Crippen molar-refractivity contribution >= 4 is 27.5 Å². The average Bonchev–Trinajstić information content (AvgIpc) is 2.08. The molecule has 0 aromatic heterocycles. The van der Waals surface area contributed by atoms with Gasteiger partial charge in [-0.2, -0.15) is 0 Å². The van der Waals surface area contributed by atoms with Crippen LogP contribution in [0, 0.1) is 5.82 Å². The fourth-order valence-corrected chi connectivity index (χ4v) is 1.26. The van der Waals surface area contributed by atoms with Crippen LogP contribution in [0.2, 0.25) is 0 Å². The van der Waals surface area contributed by atoms with Crippen LogP contribution in [0.3, 0.4) is 0 Å². The van der Waals surface area contributed by atoms with Crippen molar-refractivity contribution in [3.8, 4) is 0 Å². The summed E-state index contributed by atoms with van der Waals surface area (Å²) in [5.74, 6) is -0.599. The molecule has 70 valence electrons. The molecule has 0 heterocycles. The zero-order valence-corrected chi connectivity index (χ0v) is 8.93. The van der Waals surface area contributed by atoms with Gasteiger partial charge < -0.3 is 4.90 Å². The van der Waals surface area contributed by atoms with Crippen LogP contribution in [0.1, 0.15) is 6.92 Å². The molecular formula is C9H9BrFNO. The topological polar surface area (TPSA) is 20.3 Å². The van der Waals surface area contributed by atoms with Gasteiger partial charge in [0.25, 0.3) is 0 Å². The van der Waals surface area contributed by atoms with Gasteiger partial charge in [-0.1, -0.05) is 15.9 Å². The average molecular weight is 246 g/mol. The third kappa shape index (κ3) is 2.28. The minimum atomic E-state index is -0.402. The number of rotatable bonds is 1. The molecule has 0 radical (unpaired) electrons. The highest BCUT2D eigenvalue weighted by Crippen LogP contribution is 2.22. The lowest BCUT2D eigenvalue weighted by Gasteiger charge is -2.15. The van der Waals surface area contributed by atoms with Crippen LogP contribution in [0.25, 0.3) is 0 Å². The maximum Gasteiger partial charge on any atom is 0.223 e. The summed E-state index contributed by atoms with van der Waals surface area (Å²) in [6, 6.07) is 4.47. The van der Waals surface area contributed by atoms with Crippen molar-refractivity contribution in [3.63, 3.8) is 0 Å². The van der Waals surface area contributed by atoms with Gasteiger partial charge in [0, 0.05) is 18.4 Å². The number of carbonyl (C=O) groups is 1. The van der Waals surface area contributed by atoms with Gasteiger partial charge >= 0.3 is 0 Å². The molecule has 0 saturated carbocycles. The molecule has 0 aliphatic heterocycles. The molecule has 0 N–H and O–H groups in total. The molecule has 1 rings (SSSR count). The van der Waals surface area contributed by atoms with Crippen molar-refractivity contribution in [1.82, 2.24) is 0 Å². The minimum Gasteiger partial charge on any atom is -0.313 e. The first-order chi connectivity index (χ1) is 6.02. The highest BCUT2D eigenvalue weighted by Gasteiger charge is 2.10. The second-order valence-electron chi connectivity index (χ2n) is 2.67. The zero-order chi connectivity index (χ0) is 10.0. The predicted octanol–water partition coefficient (Wildman–Crippen LogP) is 2.57. The van der Waals surface area contributed by atoms with Crippen molar-refractivity contribution in [1.29, 1.82) is 0 Å². The van der Waals surface area contributed by atoms with Crippen molar-refractivity contribution < 1.29 is 9.18 Å². The number of anilines is 1. The Morgan fingerprint density at radius 2 is 2.15 bits per heavy atom. The van der Waals surface area contributed by atoms with Crippen molar-refractivity contribution in [2.75, 3.05) is 11.9 Å². The molecule has 0 spiro atoms. The SMILES string of the molecule is CC(=O)N(C)c1cc(Br)ccc1F. The second kappa shape index (κ2) is 3.87. The van der Waals surface area contributed by atoms with E-state index in [1.807, 2.05) is 0 Å². The van der Waals surface area contributed by atoms with Crippen molar-refractivity contribution in [2.45, 2.75) is 6.92 Å². The van der Waals surface area contributed by atoms with Gasteiger partial charge in [-0.25, -0.2) is 4.39 Å². The van der Waals surface area contributed by atoms with Gasteiger partial charge in [-0.3, -0.25) is 4.79 Å². The lowest BCUT2D eigenvalue weighted by molar-refractivity contribution is -0.116. The minimum absolute atomic E-state index is 0.197. The Balaban J connectivity index is 3.12. The maximum atomic E-state index is 13.2. The van der Waals surface area contributed by atoms with E-state index < -0.39 is 5.82 Å². The molecule has 1 aromatic carbocycles. The van der Waals surface area contributed by atoms with E-state index in [0.29, 0.717) is 0 Å². The molecule has 0 aliphatic rings. The van der Waals surface area contributed by atoms with Crippen LogP contribution in [0.5, 0.6) is 0 Å². The van der Waals surface area contributed by atoms with E-state index in [0.717, 1.165) is 4.47 Å². The summed E-state index contributed by atoms with van der Waals surface area (Å²) in [5.41, 5.74) is 0.280. The van der Waals surface area contributed by atoms with Gasteiger partial charge in [-0.05, 0) is 18.2 Å². The van der Waals surface area contributed by atoms with E-state index >= 15 is 0 Å². The molecule has 0 unspecified atom stereocenters. The van der Waals surface area contributed by atoms with Crippen LogP contribution >= 0.6 is 15.9 Å². The molecule has 0 atom stereocenters. The first kappa shape index (κ1) is 10.2. The number of nitrogens with zero attached hydrogens (tertiary/aromatic N) is 1. The first-order valence-corrected chi connectivity index (χ1v) is 4.51. The van der Waals surface area contributed by atoms with Crippen molar-refractivity contribution in [3.05, 3.63) is 28.5 Å². The number of hydrogen-bond donors (Lipinski definition) is 0. The monoisotopic (exact) mass is 245 g/mol. The molecule has 0 aliphatic carbocycles. The summed E-state index contributed by atoms with van der Waals surface area (Å²) >= 11 is 3.21. The molecule has 0 fully saturated rings. The van der Waals surface area contributed by atoms with Gasteiger partial charge in [0.1, 0.15) is 5.82 Å². The van der Waals surface area contributed by atoms with E-state index in [1.54, 1.807) is 12.1 Å². The quantitative estimate of drug-likeness (QED) is 0.745. The Kier molecular flexibility index (Phi) is 3.03. The number of benzene rings is 1. The summed E-state index contributed by atoms with van der Waals surface area (Å²) in [7, 11) is 1.53. The number of halogens is 2. The molecule has 13 heavy (non-hydrogen) atoms. The smallest absolute Gasteiger partial charge is 0.223 e. The van der Waals surface area contributed by atoms with E-state index in [9.17, 15) is 9.18 Å². The van der Waals surface area contributed by atoms with E-state index in [2.05, 4.69) is 15.9 Å². The lowest BCUT2D eigenvalue weighted by Crippen LogP contribution is -2.23. The Bertz CT molecular complexity index is 340. The van der Waals surface area contributed by atoms with Gasteiger partial charge in [0.2, 0.25) is 5.91 Å². The fourth-order valence-electron chi connectivity index (χ4n) is 0.912. The van der Waals surface area contributed by atoms with Gasteiger partial charge in [-0.15, -0.1) is 0 Å². The zero-order valence-electron chi connectivity index (χ0n) is 7.34. The van der Waals surface area contributed by atoms with Crippen molar-refractivity contribution in [2.24, 2.45) is 0 Å². The van der Waals surface area contributed by atoms with Crippen LogP contribution in [0.15, 0.2) is 22.7 Å². The van der Waals surface area contributed by atoms with Crippen LogP contribution < -0.4 is 4.90 Å². The number of amides is 1. The molecule has 2 nitrogen and oxygen atoms in total. The summed E-state index contributed by atoms with van der Waals surface area (Å²) in [4.78, 5) is 12.2. The highest BCUT2D eigenvalue weighted by molar-refractivity contribution is 9.10. The molecule has 0 saturated heterocycles. The summed E-state index contributed by atoms with van der Waals surface area (Å²) in [6.07, 6.45) is 0. The van der Waals surface area contributed by atoms with Crippen LogP contribution in [0.4, 0.5) is 10.1 Å². The second-order valence-corrected chi connectivity index (χ2v) is 3.59. The van der Waals surface area contributed by atoms with E-state index in [4.69, 9.17) is 0 Å². The molecular weight excluding hydrogens is 237 g/mol. The highest BCUT2D eigenvalue weighted by atomic mass is 79.9. The van der Waals surface area contributed by atoms with E-state index in [1.165, 1.54) is 24.9 Å². The number of hydrogen-bond acceptors (Lipinski definition) is 1. The maximum absolute atomic E-state index is 13.2. The van der Waals surface area contributed by atoms with Gasteiger partial charge in [0.05, 0.1) is 5.69 Å². The summed E-state index contributed by atoms with van der Waals surface area (Å²) in [6.45, 7) is 1.39. The normalized spacial score (nSPS) is 9.85. The molecule has 1 aromatic rings. The van der Waals surface area contributed by atoms with Gasteiger partial charge in [0.15, 0.2) is 0 Å². The van der Waals surface area contributed by atoms with Crippen LogP contribution in [-0.2, 0) is 4.79 Å². The molecule has 4 heteroatoms. The first-order valence-electron chi connectivity index (χ1n) is 3.71. The Labute approximate surface area is 84.5 Å². The third-order valence-electron chi connectivity index (χ3n) is 1.74. The summed E-state index contributed by atoms with van der Waals surface area (Å²) in [5, 5.41) is 0.